The van der Waals surface area contributed by atoms with Crippen LogP contribution >= 0.6 is 50.5 Å². The fraction of sp³-hybridized carbons (Fsp3) is 0.231. The molecule has 0 spiro atoms. The highest BCUT2D eigenvalue weighted by atomic mass is 79.9. The molecule has 1 unspecified atom stereocenters. The summed E-state index contributed by atoms with van der Waals surface area (Å²) in [5, 5.41) is 0.587. The number of esters is 1. The molecule has 0 radical (unpaired) electrons. The summed E-state index contributed by atoms with van der Waals surface area (Å²) >= 11 is 16.2. The molecule has 7 nitrogen and oxygen atoms in total. The molecular formula is C13H9BrCl2N4O3S. The minimum atomic E-state index is -0.807. The fourth-order valence-corrected chi connectivity index (χ4v) is 3.80. The minimum Gasteiger partial charge on any atom is -0.435 e. The van der Waals surface area contributed by atoms with E-state index >= 15 is 0 Å². The maximum atomic E-state index is 12.4. The Kier molecular flexibility index (Phi) is 4.95. The lowest BCUT2D eigenvalue weighted by Crippen LogP contribution is -2.37. The first-order valence-electron chi connectivity index (χ1n) is 6.55. The molecule has 3 heterocycles. The van der Waals surface area contributed by atoms with Crippen molar-refractivity contribution < 1.29 is 14.3 Å². The van der Waals surface area contributed by atoms with Crippen LogP contribution in [0, 0.1) is 0 Å². The van der Waals surface area contributed by atoms with Crippen molar-refractivity contribution in [2.45, 2.75) is 6.23 Å². The largest absolute Gasteiger partial charge is 0.435 e. The van der Waals surface area contributed by atoms with E-state index in [-0.39, 0.29) is 28.4 Å². The van der Waals surface area contributed by atoms with Gasteiger partial charge in [0.25, 0.3) is 0 Å². The van der Waals surface area contributed by atoms with Crippen LogP contribution in [-0.2, 0) is 4.74 Å². The number of hydrogen-bond acceptors (Lipinski definition) is 6. The van der Waals surface area contributed by atoms with Gasteiger partial charge in [0.2, 0.25) is 6.23 Å². The predicted molar refractivity (Wildman–Crippen MR) is 93.8 cm³/mol. The first-order chi connectivity index (χ1) is 11.3. The molecule has 1 aliphatic rings. The van der Waals surface area contributed by atoms with Gasteiger partial charge in [-0.25, -0.2) is 24.5 Å². The molecule has 0 aromatic carbocycles. The van der Waals surface area contributed by atoms with Crippen LogP contribution in [0.5, 0.6) is 0 Å². The molecule has 0 N–H and O–H groups in total. The number of amides is 2. The number of thiazole rings is 1. The van der Waals surface area contributed by atoms with Gasteiger partial charge in [0.15, 0.2) is 5.13 Å². The van der Waals surface area contributed by atoms with E-state index in [0.717, 1.165) is 3.79 Å². The molecule has 1 saturated heterocycles. The number of pyridine rings is 1. The summed E-state index contributed by atoms with van der Waals surface area (Å²) in [7, 11) is 1.62. The molecule has 1 fully saturated rings. The fourth-order valence-electron chi connectivity index (χ4n) is 2.13. The summed E-state index contributed by atoms with van der Waals surface area (Å²) in [5.74, 6) is -0.657. The Morgan fingerprint density at radius 2 is 2.08 bits per heavy atom. The topological polar surface area (TPSA) is 75.6 Å². The highest BCUT2D eigenvalue weighted by molar-refractivity contribution is 9.11. The number of carbonyl (C=O) groups excluding carboxylic acids is 2. The van der Waals surface area contributed by atoms with Crippen LogP contribution in [0.15, 0.2) is 22.1 Å². The number of carbonyl (C=O) groups is 2. The number of ether oxygens (including phenoxy) is 1. The molecule has 0 aliphatic carbocycles. The number of halogens is 3. The Morgan fingerprint density at radius 3 is 2.67 bits per heavy atom. The van der Waals surface area contributed by atoms with Crippen molar-refractivity contribution in [2.75, 3.05) is 18.5 Å². The van der Waals surface area contributed by atoms with Gasteiger partial charge in [-0.2, -0.15) is 0 Å². The van der Waals surface area contributed by atoms with Crippen molar-refractivity contribution in [1.29, 1.82) is 0 Å². The van der Waals surface area contributed by atoms with Gasteiger partial charge in [0, 0.05) is 7.05 Å². The highest BCUT2D eigenvalue weighted by Gasteiger charge is 2.40. The SMILES string of the molecule is CN1CC(OC(=O)c2cc(Cl)nc(Cl)c2)N(c2ncc(Br)s2)C1=O. The molecule has 2 aromatic heterocycles. The zero-order chi connectivity index (χ0) is 17.4. The van der Waals surface area contributed by atoms with Crippen LogP contribution in [0.4, 0.5) is 9.93 Å². The van der Waals surface area contributed by atoms with E-state index in [1.54, 1.807) is 13.2 Å². The summed E-state index contributed by atoms with van der Waals surface area (Å²) < 4.78 is 6.22. The maximum absolute atomic E-state index is 12.4. The van der Waals surface area contributed by atoms with Crippen molar-refractivity contribution in [1.82, 2.24) is 14.9 Å². The third-order valence-electron chi connectivity index (χ3n) is 3.16. The van der Waals surface area contributed by atoms with Crippen molar-refractivity contribution >= 4 is 67.6 Å². The normalized spacial score (nSPS) is 17.5. The third-order valence-corrected chi connectivity index (χ3v) is 5.03. The van der Waals surface area contributed by atoms with Gasteiger partial charge in [-0.05, 0) is 28.1 Å². The Hall–Kier alpha value is -1.42. The smallest absolute Gasteiger partial charge is 0.340 e. The highest BCUT2D eigenvalue weighted by Crippen LogP contribution is 2.32. The summed E-state index contributed by atoms with van der Waals surface area (Å²) in [4.78, 5) is 35.4. The number of rotatable bonds is 3. The minimum absolute atomic E-state index is 0.0785. The summed E-state index contributed by atoms with van der Waals surface area (Å²) in [6, 6.07) is 2.39. The number of anilines is 1. The van der Waals surface area contributed by atoms with Crippen molar-refractivity contribution in [3.8, 4) is 0 Å². The van der Waals surface area contributed by atoms with E-state index < -0.39 is 12.2 Å². The van der Waals surface area contributed by atoms with Gasteiger partial charge in [0.05, 0.1) is 22.1 Å². The second kappa shape index (κ2) is 6.83. The molecule has 126 valence electrons. The molecule has 24 heavy (non-hydrogen) atoms. The van der Waals surface area contributed by atoms with E-state index in [1.165, 1.54) is 33.3 Å². The first kappa shape index (κ1) is 17.4. The molecule has 3 rings (SSSR count). The van der Waals surface area contributed by atoms with Crippen molar-refractivity contribution in [3.63, 3.8) is 0 Å². The Balaban J connectivity index is 1.84. The van der Waals surface area contributed by atoms with Crippen LogP contribution in [0.2, 0.25) is 10.3 Å². The standard InChI is InChI=1S/C13H9BrCl2N4O3S/c1-19-5-10(20(13(19)22)12-17-4-7(14)24-12)23-11(21)6-2-8(15)18-9(16)3-6/h2-4,10H,5H2,1H3. The van der Waals surface area contributed by atoms with E-state index in [1.807, 2.05) is 0 Å². The van der Waals surface area contributed by atoms with Crippen molar-refractivity contribution in [3.05, 3.63) is 38.0 Å². The lowest BCUT2D eigenvalue weighted by molar-refractivity contribution is 0.0331. The van der Waals surface area contributed by atoms with Gasteiger partial charge in [-0.3, -0.25) is 0 Å². The first-order valence-corrected chi connectivity index (χ1v) is 8.91. The Morgan fingerprint density at radius 1 is 1.42 bits per heavy atom. The Labute approximate surface area is 159 Å². The molecular weight excluding hydrogens is 443 g/mol. The second-order valence-corrected chi connectivity index (χ2v) is 8.00. The van der Waals surface area contributed by atoms with Gasteiger partial charge in [-0.15, -0.1) is 0 Å². The van der Waals surface area contributed by atoms with E-state index in [0.29, 0.717) is 5.13 Å². The van der Waals surface area contributed by atoms with Crippen LogP contribution in [0.25, 0.3) is 0 Å². The third kappa shape index (κ3) is 3.49. The lowest BCUT2D eigenvalue weighted by Gasteiger charge is -2.20. The van der Waals surface area contributed by atoms with E-state index in [4.69, 9.17) is 27.9 Å². The number of aromatic nitrogens is 2. The predicted octanol–water partition coefficient (Wildman–Crippen LogP) is 3.66. The second-order valence-electron chi connectivity index (χ2n) is 4.84. The van der Waals surface area contributed by atoms with Gasteiger partial charge >= 0.3 is 12.0 Å². The number of urea groups is 1. The molecule has 0 saturated carbocycles. The Bertz CT molecular complexity index is 798. The lowest BCUT2D eigenvalue weighted by atomic mass is 10.3. The molecule has 1 aliphatic heterocycles. The monoisotopic (exact) mass is 450 g/mol. The molecule has 2 amide bonds. The molecule has 2 aromatic rings. The molecule has 11 heteroatoms. The average Bonchev–Trinajstić information content (AvgIpc) is 3.02. The number of nitrogens with zero attached hydrogens (tertiary/aromatic N) is 4. The summed E-state index contributed by atoms with van der Waals surface area (Å²) in [6.45, 7) is 0.217. The molecule has 1 atom stereocenters. The van der Waals surface area contributed by atoms with Gasteiger partial charge in [-0.1, -0.05) is 34.5 Å². The number of hydrogen-bond donors (Lipinski definition) is 0. The van der Waals surface area contributed by atoms with Crippen LogP contribution in [0.1, 0.15) is 10.4 Å². The van der Waals surface area contributed by atoms with Crippen LogP contribution < -0.4 is 4.90 Å². The van der Waals surface area contributed by atoms with Crippen molar-refractivity contribution in [2.24, 2.45) is 0 Å². The average molecular weight is 452 g/mol. The van der Waals surface area contributed by atoms with Crippen LogP contribution in [0.3, 0.4) is 0 Å². The van der Waals surface area contributed by atoms with E-state index in [2.05, 4.69) is 25.9 Å². The zero-order valence-corrected chi connectivity index (χ0v) is 16.0. The van der Waals surface area contributed by atoms with E-state index in [9.17, 15) is 9.59 Å². The van der Waals surface area contributed by atoms with Crippen LogP contribution in [-0.4, -0.2) is 46.7 Å². The quantitative estimate of drug-likeness (QED) is 0.525. The van der Waals surface area contributed by atoms with Gasteiger partial charge in [0.1, 0.15) is 10.3 Å². The van der Waals surface area contributed by atoms with Gasteiger partial charge < -0.3 is 9.64 Å². The summed E-state index contributed by atoms with van der Waals surface area (Å²) in [5.41, 5.74) is 0.155. The number of likely N-dealkylation sites (N-methyl/N-ethyl adjacent to an activating group) is 1. The zero-order valence-electron chi connectivity index (χ0n) is 12.1. The maximum Gasteiger partial charge on any atom is 0.340 e. The summed E-state index contributed by atoms with van der Waals surface area (Å²) in [6.07, 6.45) is 0.770. The molecule has 0 bridgehead atoms.